The molecule has 5 heteroatoms. The molecule has 0 aliphatic heterocycles. The van der Waals surface area contributed by atoms with Crippen LogP contribution in [0.15, 0.2) is 115 Å². The van der Waals surface area contributed by atoms with E-state index in [0.717, 1.165) is 61.1 Å². The smallest absolute Gasteiger partial charge is 0.126 e. The molecule has 0 saturated carbocycles. The second-order valence-corrected chi connectivity index (χ2v) is 15.3. The lowest BCUT2D eigenvalue weighted by atomic mass is 9.86. The highest BCUT2D eigenvalue weighted by molar-refractivity contribution is 6.12. The lowest BCUT2D eigenvalue weighted by Crippen LogP contribution is -2.11. The van der Waals surface area contributed by atoms with Gasteiger partial charge >= 0.3 is 0 Å². The number of aromatic nitrogens is 2. The Morgan fingerprint density at radius 2 is 0.940 bits per heavy atom. The van der Waals surface area contributed by atoms with Crippen LogP contribution in [-0.4, -0.2) is 9.13 Å². The van der Waals surface area contributed by atoms with Crippen LogP contribution < -0.4 is 0 Å². The van der Waals surface area contributed by atoms with Crippen LogP contribution in [0.4, 0.5) is 8.78 Å². The van der Waals surface area contributed by atoms with E-state index in [-0.39, 0.29) is 10.8 Å². The first kappa shape index (κ1) is 31.5. The number of rotatable bonds is 3. The van der Waals surface area contributed by atoms with Crippen molar-refractivity contribution in [3.8, 4) is 28.6 Å². The number of fused-ring (bicyclic) bond motifs is 6. The Hall–Kier alpha value is -5.73. The van der Waals surface area contributed by atoms with Gasteiger partial charge in [0.25, 0.3) is 0 Å². The van der Waals surface area contributed by atoms with Gasteiger partial charge in [0.2, 0.25) is 0 Å². The monoisotopic (exact) mass is 657 g/mol. The number of benzene rings is 6. The molecule has 0 fully saturated rings. The molecule has 0 spiro atoms. The Morgan fingerprint density at radius 1 is 0.500 bits per heavy atom. The highest BCUT2D eigenvalue weighted by Crippen LogP contribution is 2.42. The summed E-state index contributed by atoms with van der Waals surface area (Å²) in [6.07, 6.45) is 0. The van der Waals surface area contributed by atoms with Crippen molar-refractivity contribution in [3.63, 3.8) is 0 Å². The minimum atomic E-state index is -0.696. The molecule has 0 bridgehead atoms. The van der Waals surface area contributed by atoms with E-state index >= 15 is 0 Å². The van der Waals surface area contributed by atoms with Crippen molar-refractivity contribution in [3.05, 3.63) is 144 Å². The van der Waals surface area contributed by atoms with Crippen LogP contribution in [0.2, 0.25) is 0 Å². The third-order valence-electron chi connectivity index (χ3n) is 9.97. The maximum Gasteiger partial charge on any atom is 0.126 e. The summed E-state index contributed by atoms with van der Waals surface area (Å²) in [4.78, 5) is 0. The SMILES string of the molecule is CC(C)(C)c1ccc2c3ccccc3n(-c3cc(C#N)c(-c4cc(F)cc(F)c4)cc3-n3c4ccccc4c4ccc(C(C)(C)C)cc43)c2c1. The molecule has 0 amide bonds. The van der Waals surface area contributed by atoms with E-state index < -0.39 is 11.6 Å². The summed E-state index contributed by atoms with van der Waals surface area (Å²) in [5.74, 6) is -1.39. The molecule has 0 unspecified atom stereocenters. The van der Waals surface area contributed by atoms with Crippen LogP contribution in [0.1, 0.15) is 58.2 Å². The molecule has 3 nitrogen and oxygen atoms in total. The third kappa shape index (κ3) is 4.98. The van der Waals surface area contributed by atoms with Gasteiger partial charge in [0, 0.05) is 33.2 Å². The summed E-state index contributed by atoms with van der Waals surface area (Å²) in [5.41, 5.74) is 8.86. The fraction of sp³-hybridized carbons (Fsp3) is 0.178. The lowest BCUT2D eigenvalue weighted by molar-refractivity contribution is 0.584. The molecule has 2 heterocycles. The molecule has 0 atom stereocenters. The zero-order chi connectivity index (χ0) is 35.1. The molecule has 246 valence electrons. The number of nitrogens with zero attached hydrogens (tertiary/aromatic N) is 3. The van der Waals surface area contributed by atoms with Crippen molar-refractivity contribution in [2.75, 3.05) is 0 Å². The first-order chi connectivity index (χ1) is 23.8. The van der Waals surface area contributed by atoms with E-state index in [9.17, 15) is 14.0 Å². The highest BCUT2D eigenvalue weighted by atomic mass is 19.1. The predicted octanol–water partition coefficient (Wildman–Crippen LogP) is 12.3. The molecule has 8 rings (SSSR count). The molecule has 2 aromatic heterocycles. The van der Waals surface area contributed by atoms with Crippen molar-refractivity contribution < 1.29 is 8.78 Å². The average molecular weight is 658 g/mol. The Morgan fingerprint density at radius 3 is 1.40 bits per heavy atom. The van der Waals surface area contributed by atoms with E-state index in [2.05, 4.69) is 117 Å². The van der Waals surface area contributed by atoms with Gasteiger partial charge in [-0.2, -0.15) is 5.26 Å². The Bertz CT molecular complexity index is 2690. The summed E-state index contributed by atoms with van der Waals surface area (Å²) < 4.78 is 34.0. The number of para-hydroxylation sites is 2. The summed E-state index contributed by atoms with van der Waals surface area (Å²) >= 11 is 0. The van der Waals surface area contributed by atoms with Crippen LogP contribution in [0.3, 0.4) is 0 Å². The fourth-order valence-electron chi connectivity index (χ4n) is 7.37. The van der Waals surface area contributed by atoms with E-state index in [0.29, 0.717) is 16.7 Å². The van der Waals surface area contributed by atoms with Crippen LogP contribution >= 0.6 is 0 Å². The van der Waals surface area contributed by atoms with Gasteiger partial charge in [-0.25, -0.2) is 8.78 Å². The Kier molecular flexibility index (Phi) is 7.03. The Labute approximate surface area is 290 Å². The molecule has 0 saturated heterocycles. The van der Waals surface area contributed by atoms with E-state index in [1.165, 1.54) is 23.3 Å². The topological polar surface area (TPSA) is 33.6 Å². The van der Waals surface area contributed by atoms with Gasteiger partial charge in [0.15, 0.2) is 0 Å². The van der Waals surface area contributed by atoms with Gasteiger partial charge in [0.05, 0.1) is 45.1 Å². The standard InChI is InChI=1S/C45H37F2N3/c1-44(2,3)29-15-17-35-33-11-7-9-13-38(33)49(40(35)22-29)42-21-28(26-48)37(27-19-31(46)24-32(47)20-27)25-43(42)50-39-14-10-8-12-34(39)36-18-16-30(23-41(36)50)45(4,5)6/h7-25H,1-6H3. The van der Waals surface area contributed by atoms with Crippen LogP contribution in [0.5, 0.6) is 0 Å². The van der Waals surface area contributed by atoms with Gasteiger partial charge in [-0.05, 0) is 76.1 Å². The molecule has 0 aliphatic carbocycles. The molecule has 0 N–H and O–H groups in total. The second kappa shape index (κ2) is 11.1. The molecular weight excluding hydrogens is 621 g/mol. The number of hydrogen-bond donors (Lipinski definition) is 0. The molecule has 8 aromatic rings. The maximum atomic E-state index is 14.7. The van der Waals surface area contributed by atoms with Gasteiger partial charge in [-0.3, -0.25) is 0 Å². The van der Waals surface area contributed by atoms with Gasteiger partial charge in [0.1, 0.15) is 11.6 Å². The van der Waals surface area contributed by atoms with E-state index in [4.69, 9.17) is 0 Å². The average Bonchev–Trinajstić information content (AvgIpc) is 3.58. The van der Waals surface area contributed by atoms with Crippen molar-refractivity contribution in [1.29, 1.82) is 5.26 Å². The van der Waals surface area contributed by atoms with Gasteiger partial charge in [-0.1, -0.05) is 102 Å². The van der Waals surface area contributed by atoms with Crippen molar-refractivity contribution in [2.24, 2.45) is 0 Å². The molecule has 0 aliphatic rings. The minimum Gasteiger partial charge on any atom is -0.307 e. The maximum absolute atomic E-state index is 14.7. The Balaban J connectivity index is 1.59. The second-order valence-electron chi connectivity index (χ2n) is 15.3. The summed E-state index contributed by atoms with van der Waals surface area (Å²) in [6, 6.07) is 39.6. The molecule has 0 radical (unpaired) electrons. The highest BCUT2D eigenvalue weighted by Gasteiger charge is 2.25. The summed E-state index contributed by atoms with van der Waals surface area (Å²) in [6.45, 7) is 13.2. The quantitative estimate of drug-likeness (QED) is 0.186. The minimum absolute atomic E-state index is 0.0996. The van der Waals surface area contributed by atoms with E-state index in [1.54, 1.807) is 0 Å². The first-order valence-electron chi connectivity index (χ1n) is 17.0. The van der Waals surface area contributed by atoms with Crippen molar-refractivity contribution >= 4 is 43.6 Å². The third-order valence-corrected chi connectivity index (χ3v) is 9.97. The largest absolute Gasteiger partial charge is 0.307 e. The number of hydrogen-bond acceptors (Lipinski definition) is 1. The van der Waals surface area contributed by atoms with Gasteiger partial charge < -0.3 is 9.13 Å². The zero-order valence-corrected chi connectivity index (χ0v) is 29.1. The molecule has 50 heavy (non-hydrogen) atoms. The molecular formula is C45H37F2N3. The van der Waals surface area contributed by atoms with Crippen molar-refractivity contribution in [2.45, 2.75) is 52.4 Å². The zero-order valence-electron chi connectivity index (χ0n) is 29.1. The summed E-state index contributed by atoms with van der Waals surface area (Å²) in [5, 5.41) is 15.0. The van der Waals surface area contributed by atoms with Gasteiger partial charge in [-0.15, -0.1) is 0 Å². The van der Waals surface area contributed by atoms with E-state index in [1.807, 2.05) is 36.4 Å². The predicted molar refractivity (Wildman–Crippen MR) is 203 cm³/mol. The lowest BCUT2D eigenvalue weighted by Gasteiger charge is -2.22. The molecule has 6 aromatic carbocycles. The van der Waals surface area contributed by atoms with Crippen molar-refractivity contribution in [1.82, 2.24) is 9.13 Å². The van der Waals surface area contributed by atoms with Crippen LogP contribution in [0.25, 0.3) is 66.1 Å². The van der Waals surface area contributed by atoms with Crippen LogP contribution in [-0.2, 0) is 10.8 Å². The first-order valence-corrected chi connectivity index (χ1v) is 17.0. The normalized spacial score (nSPS) is 12.4. The fourth-order valence-corrected chi connectivity index (χ4v) is 7.37. The number of nitriles is 1. The van der Waals surface area contributed by atoms with Crippen LogP contribution in [0, 0.1) is 23.0 Å². The number of halogens is 2. The summed E-state index contributed by atoms with van der Waals surface area (Å²) in [7, 11) is 0.